The molecule has 0 radical (unpaired) electrons. The number of nitrogens with zero attached hydrogens (tertiary/aromatic N) is 4. The Morgan fingerprint density at radius 1 is 1.48 bits per heavy atom. The van der Waals surface area contributed by atoms with E-state index >= 15 is 0 Å². The number of allylic oxidation sites excluding steroid dienone is 1. The van der Waals surface area contributed by atoms with Gasteiger partial charge in [-0.25, -0.2) is 9.97 Å². The van der Waals surface area contributed by atoms with E-state index in [9.17, 15) is 4.79 Å². The van der Waals surface area contributed by atoms with Gasteiger partial charge in [0.25, 0.3) is 5.91 Å². The lowest BCUT2D eigenvalue weighted by atomic mass is 10.2. The third-order valence-corrected chi connectivity index (χ3v) is 5.21. The summed E-state index contributed by atoms with van der Waals surface area (Å²) in [5.74, 6) is 0.522. The predicted molar refractivity (Wildman–Crippen MR) is 113 cm³/mol. The lowest BCUT2D eigenvalue weighted by Gasteiger charge is -2.09. The van der Waals surface area contributed by atoms with Gasteiger partial charge in [0.2, 0.25) is 5.88 Å². The third-order valence-electron chi connectivity index (χ3n) is 3.83. The molecule has 0 aliphatic carbocycles. The van der Waals surface area contributed by atoms with Crippen molar-refractivity contribution in [3.05, 3.63) is 47.0 Å². The van der Waals surface area contributed by atoms with Gasteiger partial charge in [0.15, 0.2) is 15.7 Å². The number of amides is 1. The van der Waals surface area contributed by atoms with E-state index in [4.69, 9.17) is 21.7 Å². The Labute approximate surface area is 176 Å². The lowest BCUT2D eigenvalue weighted by molar-refractivity contribution is 0.101. The second-order valence-corrected chi connectivity index (χ2v) is 7.22. The number of pyridine rings is 1. The fourth-order valence-electron chi connectivity index (χ4n) is 2.51. The van der Waals surface area contributed by atoms with Crippen LogP contribution in [-0.2, 0) is 11.3 Å². The standard InChI is InChI=1S/C18H20N6O3S2/c1-4-8-24-14(22-23-18(24)28)13-11(2)20-17(29-13)21-15(25)12-6-5-7-19-16(12)27-10-9-26-3/h4-7H,1,8-10H2,2-3H3,(H,23,28)(H,20,21,25). The second-order valence-electron chi connectivity index (χ2n) is 5.84. The van der Waals surface area contributed by atoms with Crippen molar-refractivity contribution in [2.24, 2.45) is 0 Å². The van der Waals surface area contributed by atoms with Crippen LogP contribution >= 0.6 is 23.6 Å². The van der Waals surface area contributed by atoms with Crippen LogP contribution in [0.25, 0.3) is 10.7 Å². The van der Waals surface area contributed by atoms with Crippen molar-refractivity contribution in [1.29, 1.82) is 0 Å². The Kier molecular flexibility index (Phi) is 6.86. The minimum atomic E-state index is -0.365. The highest BCUT2D eigenvalue weighted by atomic mass is 32.1. The molecular weight excluding hydrogens is 412 g/mol. The number of carbonyl (C=O) groups excluding carboxylic acids is 1. The number of hydrogen-bond acceptors (Lipinski definition) is 8. The van der Waals surface area contributed by atoms with Gasteiger partial charge in [0, 0.05) is 19.9 Å². The summed E-state index contributed by atoms with van der Waals surface area (Å²) >= 11 is 6.57. The van der Waals surface area contributed by atoms with Gasteiger partial charge in [0.1, 0.15) is 12.2 Å². The number of aromatic nitrogens is 5. The zero-order chi connectivity index (χ0) is 20.8. The molecule has 3 heterocycles. The fourth-order valence-corrected chi connectivity index (χ4v) is 3.68. The van der Waals surface area contributed by atoms with Crippen molar-refractivity contribution in [2.75, 3.05) is 25.6 Å². The molecule has 0 aliphatic rings. The van der Waals surface area contributed by atoms with Crippen molar-refractivity contribution in [3.63, 3.8) is 0 Å². The van der Waals surface area contributed by atoms with E-state index in [1.165, 1.54) is 11.3 Å². The fraction of sp³-hybridized carbons (Fsp3) is 0.278. The Morgan fingerprint density at radius 3 is 3.07 bits per heavy atom. The van der Waals surface area contributed by atoms with E-state index in [0.717, 1.165) is 10.6 Å². The molecule has 2 N–H and O–H groups in total. The quantitative estimate of drug-likeness (QED) is 0.304. The van der Waals surface area contributed by atoms with E-state index in [0.29, 0.717) is 41.0 Å². The summed E-state index contributed by atoms with van der Waals surface area (Å²) in [6, 6.07) is 3.31. The molecule has 0 aromatic carbocycles. The van der Waals surface area contributed by atoms with E-state index in [-0.39, 0.29) is 11.8 Å². The van der Waals surface area contributed by atoms with Gasteiger partial charge in [-0.1, -0.05) is 17.4 Å². The molecule has 152 valence electrons. The Balaban J connectivity index is 1.82. The monoisotopic (exact) mass is 432 g/mol. The average molecular weight is 433 g/mol. The molecule has 0 atom stereocenters. The smallest absolute Gasteiger partial charge is 0.262 e. The van der Waals surface area contributed by atoms with Gasteiger partial charge in [-0.05, 0) is 31.3 Å². The number of rotatable bonds is 9. The van der Waals surface area contributed by atoms with E-state index < -0.39 is 0 Å². The molecule has 0 bridgehead atoms. The summed E-state index contributed by atoms with van der Waals surface area (Å²) < 4.78 is 12.8. The van der Waals surface area contributed by atoms with Gasteiger partial charge in [0.05, 0.1) is 17.2 Å². The number of ether oxygens (including phenoxy) is 2. The zero-order valence-corrected chi connectivity index (χ0v) is 17.6. The molecule has 0 saturated heterocycles. The van der Waals surface area contributed by atoms with Crippen molar-refractivity contribution in [1.82, 2.24) is 24.7 Å². The third kappa shape index (κ3) is 4.75. The first-order valence-corrected chi connectivity index (χ1v) is 9.89. The number of anilines is 1. The Morgan fingerprint density at radius 2 is 2.31 bits per heavy atom. The molecule has 11 heteroatoms. The number of aryl methyl sites for hydroxylation is 1. The first-order valence-electron chi connectivity index (χ1n) is 8.67. The number of thiazole rings is 1. The Bertz CT molecular complexity index is 1070. The molecule has 0 saturated carbocycles. The zero-order valence-electron chi connectivity index (χ0n) is 16.0. The first-order chi connectivity index (χ1) is 14.0. The van der Waals surface area contributed by atoms with Crippen LogP contribution in [-0.4, -0.2) is 51.0 Å². The highest BCUT2D eigenvalue weighted by Gasteiger charge is 2.19. The van der Waals surface area contributed by atoms with Gasteiger partial charge in [-0.15, -0.1) is 6.58 Å². The number of nitrogens with one attached hydrogen (secondary N) is 2. The maximum atomic E-state index is 12.7. The van der Waals surface area contributed by atoms with E-state index in [1.807, 2.05) is 11.5 Å². The van der Waals surface area contributed by atoms with Crippen LogP contribution < -0.4 is 10.1 Å². The molecule has 29 heavy (non-hydrogen) atoms. The molecule has 0 unspecified atom stereocenters. The summed E-state index contributed by atoms with van der Waals surface area (Å²) in [5.41, 5.74) is 1.04. The topological polar surface area (TPSA) is 107 Å². The largest absolute Gasteiger partial charge is 0.475 e. The van der Waals surface area contributed by atoms with Crippen molar-refractivity contribution in [3.8, 4) is 16.6 Å². The minimum Gasteiger partial charge on any atom is -0.475 e. The van der Waals surface area contributed by atoms with Crippen molar-refractivity contribution < 1.29 is 14.3 Å². The minimum absolute atomic E-state index is 0.238. The van der Waals surface area contributed by atoms with Gasteiger partial charge >= 0.3 is 0 Å². The molecule has 0 aliphatic heterocycles. The molecule has 1 amide bonds. The molecule has 0 fully saturated rings. The highest BCUT2D eigenvalue weighted by molar-refractivity contribution is 7.71. The van der Waals surface area contributed by atoms with E-state index in [1.54, 1.807) is 31.5 Å². The summed E-state index contributed by atoms with van der Waals surface area (Å²) in [6.07, 6.45) is 3.30. The summed E-state index contributed by atoms with van der Waals surface area (Å²) in [4.78, 5) is 22.1. The number of methoxy groups -OCH3 is 1. The molecular formula is C18H20N6O3S2. The maximum Gasteiger partial charge on any atom is 0.262 e. The predicted octanol–water partition coefficient (Wildman–Crippen LogP) is 3.23. The molecule has 0 spiro atoms. The maximum absolute atomic E-state index is 12.7. The summed E-state index contributed by atoms with van der Waals surface area (Å²) in [6.45, 7) is 6.79. The van der Waals surface area contributed by atoms with Crippen LogP contribution in [0.2, 0.25) is 0 Å². The number of hydrogen-bond donors (Lipinski definition) is 2. The van der Waals surface area contributed by atoms with Crippen LogP contribution in [0.5, 0.6) is 5.88 Å². The molecule has 3 aromatic heterocycles. The SMILES string of the molecule is C=CCn1c(-c2sc(NC(=O)c3cccnc3OCCOC)nc2C)n[nH]c1=S. The number of aromatic amines is 1. The highest BCUT2D eigenvalue weighted by Crippen LogP contribution is 2.32. The number of H-pyrrole nitrogens is 1. The average Bonchev–Trinajstić information content (AvgIpc) is 3.25. The van der Waals surface area contributed by atoms with Crippen LogP contribution in [0.1, 0.15) is 16.1 Å². The van der Waals surface area contributed by atoms with Gasteiger partial charge < -0.3 is 9.47 Å². The summed E-state index contributed by atoms with van der Waals surface area (Å²) in [7, 11) is 1.57. The van der Waals surface area contributed by atoms with Crippen LogP contribution in [0, 0.1) is 11.7 Å². The lowest BCUT2D eigenvalue weighted by Crippen LogP contribution is -2.15. The van der Waals surface area contributed by atoms with Crippen LogP contribution in [0.4, 0.5) is 5.13 Å². The Hall–Kier alpha value is -2.89. The van der Waals surface area contributed by atoms with Crippen molar-refractivity contribution in [2.45, 2.75) is 13.5 Å². The normalized spacial score (nSPS) is 10.7. The van der Waals surface area contributed by atoms with Crippen LogP contribution in [0.3, 0.4) is 0 Å². The number of carbonyl (C=O) groups is 1. The molecule has 3 rings (SSSR count). The van der Waals surface area contributed by atoms with Gasteiger partial charge in [-0.3, -0.25) is 19.8 Å². The second kappa shape index (κ2) is 9.54. The first kappa shape index (κ1) is 20.8. The molecule has 3 aromatic rings. The van der Waals surface area contributed by atoms with Gasteiger partial charge in [-0.2, -0.15) is 5.10 Å². The van der Waals surface area contributed by atoms with Crippen molar-refractivity contribution >= 4 is 34.6 Å². The summed E-state index contributed by atoms with van der Waals surface area (Å²) in [5, 5.41) is 10.3. The van der Waals surface area contributed by atoms with E-state index in [2.05, 4.69) is 32.1 Å². The molecule has 9 nitrogen and oxygen atoms in total. The van der Waals surface area contributed by atoms with Crippen LogP contribution in [0.15, 0.2) is 31.0 Å².